The van der Waals surface area contributed by atoms with Crippen LogP contribution in [0.1, 0.15) is 48.9 Å². The van der Waals surface area contributed by atoms with Crippen molar-refractivity contribution in [2.75, 3.05) is 0 Å². The average molecular weight is 929 g/mol. The number of benzene rings is 5. The molecule has 0 saturated carbocycles. The van der Waals surface area contributed by atoms with Crippen molar-refractivity contribution >= 4 is 55.5 Å². The van der Waals surface area contributed by atoms with E-state index in [1.165, 1.54) is 84.6 Å². The van der Waals surface area contributed by atoms with Gasteiger partial charge in [0.1, 0.15) is 0 Å². The smallest absolute Gasteiger partial charge is 0.0799 e. The Bertz CT molecular complexity index is 2610. The number of pyridine rings is 2. The normalized spacial score (nSPS) is 12.7. The van der Waals surface area contributed by atoms with Crippen molar-refractivity contribution in [2.24, 2.45) is 5.92 Å². The Balaban J connectivity index is 0.000000190. The van der Waals surface area contributed by atoms with E-state index in [2.05, 4.69) is 150 Å². The van der Waals surface area contributed by atoms with E-state index in [4.69, 9.17) is 9.97 Å². The SMILES string of the molecule is C[Si](C)(C)c1cnc(-c2[c-]cccc2)c2c1CCCC2.Cc1[c-]c(-c2cc(CC(C)C)ccn2)c2sc3ccc(-c4cccc5ccccc45)cc3c2c1.[Ir]. The van der Waals surface area contributed by atoms with Crippen molar-refractivity contribution in [3.05, 3.63) is 150 Å². The van der Waals surface area contributed by atoms with Crippen LogP contribution in [0.5, 0.6) is 0 Å². The van der Waals surface area contributed by atoms with Gasteiger partial charge >= 0.3 is 0 Å². The summed E-state index contributed by atoms with van der Waals surface area (Å²) in [5, 5.41) is 6.73. The molecule has 0 spiro atoms. The van der Waals surface area contributed by atoms with Crippen LogP contribution in [-0.2, 0) is 39.4 Å². The molecule has 0 amide bonds. The number of hydrogen-bond donors (Lipinski definition) is 0. The second kappa shape index (κ2) is 16.5. The first-order valence-electron chi connectivity index (χ1n) is 19.4. The fourth-order valence-corrected chi connectivity index (χ4v) is 11.0. The Morgan fingerprint density at radius 1 is 0.782 bits per heavy atom. The van der Waals surface area contributed by atoms with Crippen LogP contribution in [0.3, 0.4) is 0 Å². The maximum Gasteiger partial charge on any atom is 0.0799 e. The van der Waals surface area contributed by atoms with Gasteiger partial charge in [-0.2, -0.15) is 11.3 Å². The second-order valence-corrected chi connectivity index (χ2v) is 22.4. The topological polar surface area (TPSA) is 25.8 Å². The molecule has 0 saturated heterocycles. The number of aromatic nitrogens is 2. The van der Waals surface area contributed by atoms with Gasteiger partial charge in [0.2, 0.25) is 0 Å². The third kappa shape index (κ3) is 8.18. The molecule has 279 valence electrons. The fourth-order valence-electron chi connectivity index (χ4n) is 8.15. The summed E-state index contributed by atoms with van der Waals surface area (Å²) in [5.41, 5.74) is 12.6. The Labute approximate surface area is 345 Å². The van der Waals surface area contributed by atoms with Crippen molar-refractivity contribution in [1.29, 1.82) is 0 Å². The second-order valence-electron chi connectivity index (χ2n) is 16.3. The van der Waals surface area contributed by atoms with E-state index in [1.54, 1.807) is 10.8 Å². The molecule has 0 fully saturated rings. The number of rotatable bonds is 6. The molecular weight excluding hydrogens is 881 g/mol. The van der Waals surface area contributed by atoms with Gasteiger partial charge in [0, 0.05) is 37.2 Å². The Kier molecular flexibility index (Phi) is 11.7. The summed E-state index contributed by atoms with van der Waals surface area (Å²) in [6.45, 7) is 13.9. The predicted octanol–water partition coefficient (Wildman–Crippen LogP) is 13.2. The molecule has 1 aliphatic rings. The molecule has 0 atom stereocenters. The Hall–Kier alpha value is -4.25. The molecule has 8 aromatic rings. The van der Waals surface area contributed by atoms with Gasteiger partial charge in [-0.25, -0.2) is 0 Å². The fraction of sp³-hybridized carbons (Fsp3) is 0.240. The Morgan fingerprint density at radius 3 is 2.35 bits per heavy atom. The molecule has 3 heterocycles. The zero-order chi connectivity index (χ0) is 37.4. The largest absolute Gasteiger partial charge is 0.305 e. The third-order valence-electron chi connectivity index (χ3n) is 10.6. The van der Waals surface area contributed by atoms with E-state index in [0.717, 1.165) is 28.8 Å². The maximum atomic E-state index is 4.83. The Morgan fingerprint density at radius 2 is 1.56 bits per heavy atom. The summed E-state index contributed by atoms with van der Waals surface area (Å²) < 4.78 is 2.57. The van der Waals surface area contributed by atoms with Crippen LogP contribution in [0, 0.1) is 25.0 Å². The van der Waals surface area contributed by atoms with Gasteiger partial charge in [0.15, 0.2) is 0 Å². The maximum absolute atomic E-state index is 4.83. The van der Waals surface area contributed by atoms with Crippen LogP contribution in [-0.4, -0.2) is 18.0 Å². The van der Waals surface area contributed by atoms with Crippen LogP contribution < -0.4 is 5.19 Å². The molecule has 0 N–H and O–H groups in total. The van der Waals surface area contributed by atoms with E-state index in [9.17, 15) is 0 Å². The van der Waals surface area contributed by atoms with Gasteiger partial charge in [-0.15, -0.1) is 59.2 Å². The standard InChI is InChI=1S/C32H26NS.C18H22NSi.Ir/c1-20(2)15-22-13-14-33-30(18-22)29-17-21(3)16-28-27-19-24(11-12-31(27)34-32(28)29)26-10-6-8-23-7-4-5-9-25(23)26;1-20(2,3)17-13-19-18(14-9-5-4-6-10-14)16-12-8-7-11-15(16)17;/h4-14,16,18-20H,15H2,1-3H3;4-6,9,13H,7-8,11-12H2,1-3H3;/q2*-1;. The summed E-state index contributed by atoms with van der Waals surface area (Å²) in [6.07, 6.45) is 10.2. The van der Waals surface area contributed by atoms with Crippen molar-refractivity contribution in [2.45, 2.75) is 72.5 Å². The monoisotopic (exact) mass is 929 g/mol. The number of thiophene rings is 1. The molecule has 55 heavy (non-hydrogen) atoms. The number of nitrogens with zero attached hydrogens (tertiary/aromatic N) is 2. The predicted molar refractivity (Wildman–Crippen MR) is 236 cm³/mol. The van der Waals surface area contributed by atoms with Crippen molar-refractivity contribution in [3.63, 3.8) is 0 Å². The van der Waals surface area contributed by atoms with E-state index in [1.807, 2.05) is 29.7 Å². The molecule has 0 unspecified atom stereocenters. The minimum Gasteiger partial charge on any atom is -0.305 e. The summed E-state index contributed by atoms with van der Waals surface area (Å²) in [7, 11) is -1.31. The molecule has 0 bridgehead atoms. The molecule has 5 heteroatoms. The zero-order valence-electron chi connectivity index (χ0n) is 32.7. The molecule has 1 radical (unpaired) electrons. The molecule has 5 aromatic carbocycles. The van der Waals surface area contributed by atoms with Crippen molar-refractivity contribution in [3.8, 4) is 33.6 Å². The minimum absolute atomic E-state index is 0. The van der Waals surface area contributed by atoms with Gasteiger partial charge in [-0.1, -0.05) is 117 Å². The third-order valence-corrected chi connectivity index (χ3v) is 13.9. The first kappa shape index (κ1) is 39.0. The van der Waals surface area contributed by atoms with Crippen molar-refractivity contribution in [1.82, 2.24) is 9.97 Å². The molecule has 2 nitrogen and oxygen atoms in total. The summed E-state index contributed by atoms with van der Waals surface area (Å²) in [6, 6.07) is 43.9. The van der Waals surface area contributed by atoms with Gasteiger partial charge in [-0.3, -0.25) is 0 Å². The number of fused-ring (bicyclic) bond motifs is 5. The molecular formula is C50H48IrN2SSi-2. The van der Waals surface area contributed by atoms with Crippen LogP contribution in [0.2, 0.25) is 19.6 Å². The van der Waals surface area contributed by atoms with Crippen LogP contribution in [0.25, 0.3) is 64.6 Å². The zero-order valence-corrected chi connectivity index (χ0v) is 36.9. The average Bonchev–Trinajstić information content (AvgIpc) is 3.54. The first-order valence-corrected chi connectivity index (χ1v) is 23.8. The van der Waals surface area contributed by atoms with Gasteiger partial charge in [0.25, 0.3) is 0 Å². The molecule has 3 aromatic heterocycles. The van der Waals surface area contributed by atoms with E-state index in [-0.39, 0.29) is 20.1 Å². The van der Waals surface area contributed by atoms with Crippen LogP contribution in [0.15, 0.2) is 116 Å². The summed E-state index contributed by atoms with van der Waals surface area (Å²) in [4.78, 5) is 9.59. The van der Waals surface area contributed by atoms with Crippen LogP contribution >= 0.6 is 11.3 Å². The van der Waals surface area contributed by atoms with Crippen LogP contribution in [0.4, 0.5) is 0 Å². The van der Waals surface area contributed by atoms with E-state index >= 15 is 0 Å². The summed E-state index contributed by atoms with van der Waals surface area (Å²) in [5.74, 6) is 0.619. The van der Waals surface area contributed by atoms with Gasteiger partial charge in [0.05, 0.1) is 8.07 Å². The van der Waals surface area contributed by atoms with E-state index < -0.39 is 8.07 Å². The van der Waals surface area contributed by atoms with Crippen molar-refractivity contribution < 1.29 is 20.1 Å². The minimum atomic E-state index is -1.31. The summed E-state index contributed by atoms with van der Waals surface area (Å²) >= 11 is 1.85. The number of hydrogen-bond acceptors (Lipinski definition) is 3. The van der Waals surface area contributed by atoms with Gasteiger partial charge in [-0.05, 0) is 105 Å². The first-order chi connectivity index (χ1) is 26.1. The molecule has 1 aliphatic carbocycles. The molecule has 9 rings (SSSR count). The quantitative estimate of drug-likeness (QED) is 0.123. The number of aryl methyl sites for hydroxylation is 1. The van der Waals surface area contributed by atoms with E-state index in [0.29, 0.717) is 5.92 Å². The van der Waals surface area contributed by atoms with Gasteiger partial charge < -0.3 is 9.97 Å². The molecule has 0 aliphatic heterocycles.